The number of hydrogen-bond donors (Lipinski definition) is 2. The second-order valence-corrected chi connectivity index (χ2v) is 5.85. The van der Waals surface area contributed by atoms with Crippen LogP contribution >= 0.6 is 12.2 Å². The van der Waals surface area contributed by atoms with E-state index in [1.165, 1.54) is 0 Å². The van der Waals surface area contributed by atoms with Gasteiger partial charge < -0.3 is 11.1 Å². The second-order valence-electron chi connectivity index (χ2n) is 5.32. The van der Waals surface area contributed by atoms with Crippen LogP contribution in [0.2, 0.25) is 0 Å². The normalized spacial score (nSPS) is 25.0. The maximum Gasteiger partial charge on any atom is 0.392 e. The van der Waals surface area contributed by atoms with Crippen LogP contribution in [-0.4, -0.2) is 23.1 Å². The van der Waals surface area contributed by atoms with E-state index in [0.717, 1.165) is 0 Å². The second kappa shape index (κ2) is 7.24. The zero-order valence-electron chi connectivity index (χ0n) is 11.5. The van der Waals surface area contributed by atoms with Gasteiger partial charge in [-0.3, -0.25) is 4.79 Å². The highest BCUT2D eigenvalue weighted by Crippen LogP contribution is 2.41. The summed E-state index contributed by atoms with van der Waals surface area (Å²) < 4.78 is 38.9. The topological polar surface area (TPSA) is 55.1 Å². The number of rotatable bonds is 5. The lowest BCUT2D eigenvalue weighted by atomic mass is 9.78. The van der Waals surface area contributed by atoms with Crippen LogP contribution < -0.4 is 11.1 Å². The molecule has 0 saturated heterocycles. The van der Waals surface area contributed by atoms with Gasteiger partial charge in [-0.15, -0.1) is 0 Å². The van der Waals surface area contributed by atoms with Crippen molar-refractivity contribution in [1.82, 2.24) is 5.32 Å². The van der Waals surface area contributed by atoms with Gasteiger partial charge >= 0.3 is 6.18 Å². The van der Waals surface area contributed by atoms with Crippen LogP contribution in [-0.2, 0) is 4.79 Å². The molecule has 1 fully saturated rings. The molecule has 0 aromatic carbocycles. The Labute approximate surface area is 122 Å². The van der Waals surface area contributed by atoms with Gasteiger partial charge in [-0.25, -0.2) is 0 Å². The molecule has 1 aliphatic rings. The van der Waals surface area contributed by atoms with Gasteiger partial charge in [0.2, 0.25) is 5.91 Å². The summed E-state index contributed by atoms with van der Waals surface area (Å²) in [5.41, 5.74) is 5.42. The maximum atomic E-state index is 13.0. The Balaban J connectivity index is 2.70. The van der Waals surface area contributed by atoms with Crippen molar-refractivity contribution in [3.8, 4) is 0 Å². The van der Waals surface area contributed by atoms with Gasteiger partial charge in [-0.1, -0.05) is 32.0 Å². The Morgan fingerprint density at radius 3 is 2.50 bits per heavy atom. The number of hydrogen-bond acceptors (Lipinski definition) is 2. The number of nitrogens with one attached hydrogen (secondary N) is 1. The van der Waals surface area contributed by atoms with Gasteiger partial charge in [0.05, 0.1) is 10.9 Å². The molecule has 3 atom stereocenters. The largest absolute Gasteiger partial charge is 0.393 e. The minimum absolute atomic E-state index is 0.0354. The standard InChI is InChI=1S/C13H21F3N2OS/c1-2-8(7-11(17)20)18-12(19)9-5-3-4-6-10(9)13(14,15)16/h8-10H,2-7H2,1H3,(H2,17,20)(H,18,19). The van der Waals surface area contributed by atoms with Crippen LogP contribution in [0, 0.1) is 11.8 Å². The van der Waals surface area contributed by atoms with E-state index >= 15 is 0 Å². The molecule has 20 heavy (non-hydrogen) atoms. The minimum Gasteiger partial charge on any atom is -0.393 e. The number of nitrogens with two attached hydrogens (primary N) is 1. The Bertz CT molecular complexity index is 360. The molecule has 0 radical (unpaired) electrons. The summed E-state index contributed by atoms with van der Waals surface area (Å²) in [5, 5.41) is 2.66. The smallest absolute Gasteiger partial charge is 0.392 e. The average molecular weight is 310 g/mol. The summed E-state index contributed by atoms with van der Waals surface area (Å²) in [6, 6.07) is -0.282. The number of alkyl halides is 3. The van der Waals surface area contributed by atoms with Crippen LogP contribution in [0.1, 0.15) is 45.4 Å². The highest BCUT2D eigenvalue weighted by atomic mass is 32.1. The molecule has 0 aliphatic heterocycles. The number of carbonyl (C=O) groups is 1. The molecular formula is C13H21F3N2OS. The van der Waals surface area contributed by atoms with Crippen molar-refractivity contribution in [3.63, 3.8) is 0 Å². The van der Waals surface area contributed by atoms with E-state index in [1.807, 2.05) is 6.92 Å². The summed E-state index contributed by atoms with van der Waals surface area (Å²) in [6.45, 7) is 1.84. The zero-order chi connectivity index (χ0) is 15.3. The van der Waals surface area contributed by atoms with Gasteiger partial charge in [-0.2, -0.15) is 13.2 Å². The van der Waals surface area contributed by atoms with Gasteiger partial charge in [0.15, 0.2) is 0 Å². The molecule has 1 aliphatic carbocycles. The molecule has 0 heterocycles. The van der Waals surface area contributed by atoms with Crippen molar-refractivity contribution in [3.05, 3.63) is 0 Å². The first-order valence-corrected chi connectivity index (χ1v) is 7.32. The van der Waals surface area contributed by atoms with E-state index in [0.29, 0.717) is 32.1 Å². The molecule has 0 aromatic rings. The third-order valence-electron chi connectivity index (χ3n) is 3.81. The lowest BCUT2D eigenvalue weighted by molar-refractivity contribution is -0.198. The molecule has 3 N–H and O–H groups in total. The molecule has 116 valence electrons. The van der Waals surface area contributed by atoms with E-state index in [9.17, 15) is 18.0 Å². The zero-order valence-corrected chi connectivity index (χ0v) is 12.3. The van der Waals surface area contributed by atoms with Crippen molar-refractivity contribution in [2.75, 3.05) is 0 Å². The first-order valence-electron chi connectivity index (χ1n) is 6.91. The molecule has 0 aromatic heterocycles. The molecule has 1 rings (SSSR count). The lowest BCUT2D eigenvalue weighted by Crippen LogP contribution is -2.46. The van der Waals surface area contributed by atoms with E-state index < -0.39 is 23.9 Å². The molecule has 3 unspecified atom stereocenters. The monoisotopic (exact) mass is 310 g/mol. The molecule has 0 bridgehead atoms. The number of thiocarbonyl (C=S) groups is 1. The molecule has 3 nitrogen and oxygen atoms in total. The fraction of sp³-hybridized carbons (Fsp3) is 0.846. The van der Waals surface area contributed by atoms with Crippen LogP contribution in [0.4, 0.5) is 13.2 Å². The Hall–Kier alpha value is -0.850. The molecule has 0 spiro atoms. The summed E-state index contributed by atoms with van der Waals surface area (Å²) in [4.78, 5) is 12.4. The lowest BCUT2D eigenvalue weighted by Gasteiger charge is -2.33. The highest BCUT2D eigenvalue weighted by molar-refractivity contribution is 7.80. The quantitative estimate of drug-likeness (QED) is 0.768. The summed E-state index contributed by atoms with van der Waals surface area (Å²) in [7, 11) is 0. The third-order valence-corrected chi connectivity index (χ3v) is 3.98. The van der Waals surface area contributed by atoms with Crippen molar-refractivity contribution in [2.24, 2.45) is 17.6 Å². The number of carbonyl (C=O) groups excluding carboxylic acids is 1. The fourth-order valence-corrected chi connectivity index (χ4v) is 2.89. The number of halogens is 3. The molecule has 7 heteroatoms. The van der Waals surface area contributed by atoms with E-state index in [-0.39, 0.29) is 17.5 Å². The van der Waals surface area contributed by atoms with E-state index in [2.05, 4.69) is 5.32 Å². The fourth-order valence-electron chi connectivity index (χ4n) is 2.68. The number of amides is 1. The first kappa shape index (κ1) is 17.2. The van der Waals surface area contributed by atoms with E-state index in [1.54, 1.807) is 0 Å². The predicted octanol–water partition coefficient (Wildman–Crippen LogP) is 2.93. The molecular weight excluding hydrogens is 289 g/mol. The molecule has 1 amide bonds. The minimum atomic E-state index is -4.31. The Morgan fingerprint density at radius 2 is 2.00 bits per heavy atom. The van der Waals surface area contributed by atoms with Crippen molar-refractivity contribution in [2.45, 2.75) is 57.7 Å². The SMILES string of the molecule is CCC(CC(N)=S)NC(=O)C1CCCCC1C(F)(F)F. The molecule has 1 saturated carbocycles. The van der Waals surface area contributed by atoms with Crippen molar-refractivity contribution >= 4 is 23.1 Å². The summed E-state index contributed by atoms with van der Waals surface area (Å²) in [6.07, 6.45) is -1.89. The Kier molecular flexibility index (Phi) is 6.23. The van der Waals surface area contributed by atoms with Gasteiger partial charge in [0.1, 0.15) is 0 Å². The van der Waals surface area contributed by atoms with Crippen LogP contribution in [0.5, 0.6) is 0 Å². The van der Waals surface area contributed by atoms with Crippen molar-refractivity contribution < 1.29 is 18.0 Å². The Morgan fingerprint density at radius 1 is 1.40 bits per heavy atom. The summed E-state index contributed by atoms with van der Waals surface area (Å²) in [5.74, 6) is -3.03. The van der Waals surface area contributed by atoms with Crippen LogP contribution in [0.3, 0.4) is 0 Å². The third kappa shape index (κ3) is 4.92. The van der Waals surface area contributed by atoms with Gasteiger partial charge in [0.25, 0.3) is 0 Å². The van der Waals surface area contributed by atoms with Crippen LogP contribution in [0.25, 0.3) is 0 Å². The summed E-state index contributed by atoms with van der Waals surface area (Å²) >= 11 is 4.78. The maximum absolute atomic E-state index is 13.0. The highest BCUT2D eigenvalue weighted by Gasteiger charge is 2.48. The van der Waals surface area contributed by atoms with Crippen LogP contribution in [0.15, 0.2) is 0 Å². The van der Waals surface area contributed by atoms with E-state index in [4.69, 9.17) is 18.0 Å². The average Bonchev–Trinajstić information content (AvgIpc) is 2.36. The predicted molar refractivity (Wildman–Crippen MR) is 75.1 cm³/mol. The first-order chi connectivity index (χ1) is 9.25. The van der Waals surface area contributed by atoms with Gasteiger partial charge in [0, 0.05) is 18.4 Å². The van der Waals surface area contributed by atoms with Gasteiger partial charge in [-0.05, 0) is 19.3 Å². The van der Waals surface area contributed by atoms with Crippen molar-refractivity contribution in [1.29, 1.82) is 0 Å².